The Kier molecular flexibility index (Phi) is 5.07. The zero-order valence-corrected chi connectivity index (χ0v) is 16.4. The van der Waals surface area contributed by atoms with Crippen LogP contribution in [0.5, 0.6) is 0 Å². The topological polar surface area (TPSA) is 89.3 Å². The first kappa shape index (κ1) is 19.1. The molecule has 1 aromatic heterocycles. The lowest BCUT2D eigenvalue weighted by atomic mass is 9.83. The summed E-state index contributed by atoms with van der Waals surface area (Å²) in [7, 11) is 0. The van der Waals surface area contributed by atoms with Gasteiger partial charge in [0.2, 0.25) is 0 Å². The molecule has 1 fully saturated rings. The third kappa shape index (κ3) is 3.38. The minimum absolute atomic E-state index is 0.0368. The second-order valence-corrected chi connectivity index (χ2v) is 7.58. The van der Waals surface area contributed by atoms with Gasteiger partial charge in [-0.05, 0) is 31.0 Å². The summed E-state index contributed by atoms with van der Waals surface area (Å²) >= 11 is 0. The highest BCUT2D eigenvalue weighted by molar-refractivity contribution is 5.96. The van der Waals surface area contributed by atoms with E-state index in [0.717, 1.165) is 11.1 Å². The number of hydrogen-bond acceptors (Lipinski definition) is 6. The first-order valence-corrected chi connectivity index (χ1v) is 9.69. The normalized spacial score (nSPS) is 22.8. The Morgan fingerprint density at radius 2 is 1.83 bits per heavy atom. The van der Waals surface area contributed by atoms with Crippen molar-refractivity contribution in [2.45, 2.75) is 38.0 Å². The molecule has 2 aliphatic rings. The van der Waals surface area contributed by atoms with Crippen LogP contribution >= 0.6 is 0 Å². The molecule has 0 radical (unpaired) electrons. The summed E-state index contributed by atoms with van der Waals surface area (Å²) in [4.78, 5) is 19.1. The van der Waals surface area contributed by atoms with Gasteiger partial charge in [0.05, 0.1) is 12.3 Å². The maximum Gasteiger partial charge on any atom is 0.276 e. The highest BCUT2D eigenvalue weighted by atomic mass is 16.3. The Bertz CT molecular complexity index is 904. The first-order valence-electron chi connectivity index (χ1n) is 9.69. The van der Waals surface area contributed by atoms with Gasteiger partial charge >= 0.3 is 0 Å². The molecule has 1 aromatic carbocycles. The molecule has 1 amide bonds. The predicted octanol–water partition coefficient (Wildman–Crippen LogP) is 2.26. The number of rotatable bonds is 4. The zero-order chi connectivity index (χ0) is 20.5. The van der Waals surface area contributed by atoms with Crippen LogP contribution in [-0.2, 0) is 4.79 Å². The van der Waals surface area contributed by atoms with Crippen LogP contribution in [-0.4, -0.2) is 62.0 Å². The quantitative estimate of drug-likeness (QED) is 0.833. The molecule has 2 N–H and O–H groups in total. The molecule has 0 saturated carbocycles. The number of amides is 1. The van der Waals surface area contributed by atoms with Crippen LogP contribution in [0.2, 0.25) is 0 Å². The average Bonchev–Trinajstić information content (AvgIpc) is 2.73. The standard InChI is InChI=1S/C22H24N4O3/c1-14(2)25-13-17(26-20(22(25)29)21(28)18(27)12-24-26)19(15-7-4-3-5-8-15)16-9-6-10-23-11-16/h3-12,14,17-19,27-28H,13H2,1-2H3. The van der Waals surface area contributed by atoms with E-state index in [1.54, 1.807) is 16.1 Å². The zero-order valence-electron chi connectivity index (χ0n) is 16.4. The Hall–Kier alpha value is -3.19. The highest BCUT2D eigenvalue weighted by Crippen LogP contribution is 2.38. The lowest BCUT2D eigenvalue weighted by Crippen LogP contribution is -2.58. The molecule has 2 aromatic rings. The number of hydrazone groups is 1. The Balaban J connectivity index is 1.87. The number of piperazine rings is 1. The average molecular weight is 392 g/mol. The SMILES string of the molecule is CC(C)N1CC(C(c2ccccc2)c2cccnc2)N2N=CC(O)C(O)=C2C1=O. The molecule has 1 saturated heterocycles. The van der Waals surface area contributed by atoms with Crippen molar-refractivity contribution in [3.63, 3.8) is 0 Å². The largest absolute Gasteiger partial charge is 0.507 e. The van der Waals surface area contributed by atoms with Crippen LogP contribution in [0.25, 0.3) is 0 Å². The number of pyridine rings is 1. The summed E-state index contributed by atoms with van der Waals surface area (Å²) in [6.07, 6.45) is 3.52. The molecule has 2 aliphatic heterocycles. The monoisotopic (exact) mass is 392 g/mol. The van der Waals surface area contributed by atoms with E-state index in [1.165, 1.54) is 6.21 Å². The molecule has 7 nitrogen and oxygen atoms in total. The van der Waals surface area contributed by atoms with Crippen molar-refractivity contribution < 1.29 is 15.0 Å². The van der Waals surface area contributed by atoms with Gasteiger partial charge in [0.15, 0.2) is 11.5 Å². The van der Waals surface area contributed by atoms with Crippen molar-refractivity contribution in [3.8, 4) is 0 Å². The van der Waals surface area contributed by atoms with Crippen molar-refractivity contribution in [2.24, 2.45) is 5.10 Å². The fourth-order valence-electron chi connectivity index (χ4n) is 4.03. The third-order valence-electron chi connectivity index (χ3n) is 5.46. The van der Waals surface area contributed by atoms with Crippen molar-refractivity contribution in [1.29, 1.82) is 0 Å². The number of nitrogens with zero attached hydrogens (tertiary/aromatic N) is 4. The van der Waals surface area contributed by atoms with E-state index in [1.807, 2.05) is 62.5 Å². The molecule has 4 rings (SSSR count). The van der Waals surface area contributed by atoms with Crippen LogP contribution in [0.4, 0.5) is 0 Å². The highest BCUT2D eigenvalue weighted by Gasteiger charge is 2.45. The van der Waals surface area contributed by atoms with Crippen molar-refractivity contribution in [2.75, 3.05) is 6.54 Å². The fourth-order valence-corrected chi connectivity index (χ4v) is 4.03. The van der Waals surface area contributed by atoms with Crippen molar-refractivity contribution in [1.82, 2.24) is 14.9 Å². The Labute approximate surface area is 169 Å². The summed E-state index contributed by atoms with van der Waals surface area (Å²) < 4.78 is 0. The Morgan fingerprint density at radius 3 is 2.48 bits per heavy atom. The minimum Gasteiger partial charge on any atom is -0.507 e. The maximum atomic E-state index is 13.1. The van der Waals surface area contributed by atoms with Crippen LogP contribution in [0.1, 0.15) is 30.9 Å². The van der Waals surface area contributed by atoms with Gasteiger partial charge in [-0.25, -0.2) is 0 Å². The number of aliphatic hydroxyl groups is 2. The molecule has 0 spiro atoms. The number of benzene rings is 1. The summed E-state index contributed by atoms with van der Waals surface area (Å²) in [6.45, 7) is 4.30. The molecule has 3 unspecified atom stereocenters. The first-order chi connectivity index (χ1) is 14.0. The molecule has 0 aliphatic carbocycles. The van der Waals surface area contributed by atoms with Crippen molar-refractivity contribution >= 4 is 12.1 Å². The molecule has 150 valence electrons. The third-order valence-corrected chi connectivity index (χ3v) is 5.46. The van der Waals surface area contributed by atoms with Gasteiger partial charge in [-0.15, -0.1) is 0 Å². The summed E-state index contributed by atoms with van der Waals surface area (Å²) in [5.41, 5.74) is 2.08. The van der Waals surface area contributed by atoms with E-state index in [0.29, 0.717) is 6.54 Å². The summed E-state index contributed by atoms with van der Waals surface area (Å²) in [5.74, 6) is -0.838. The second kappa shape index (κ2) is 7.67. The second-order valence-electron chi connectivity index (χ2n) is 7.58. The molecule has 7 heteroatoms. The van der Waals surface area contributed by atoms with E-state index < -0.39 is 6.10 Å². The number of aromatic nitrogens is 1. The molecule has 29 heavy (non-hydrogen) atoms. The van der Waals surface area contributed by atoms with Gasteiger partial charge in [0.1, 0.15) is 6.10 Å². The molecule has 3 atom stereocenters. The molecule has 0 bridgehead atoms. The minimum atomic E-state index is -1.29. The van der Waals surface area contributed by atoms with Crippen LogP contribution < -0.4 is 0 Å². The smallest absolute Gasteiger partial charge is 0.276 e. The van der Waals surface area contributed by atoms with Gasteiger partial charge in [-0.1, -0.05) is 36.4 Å². The van der Waals surface area contributed by atoms with Crippen LogP contribution in [0.3, 0.4) is 0 Å². The molecular formula is C22H24N4O3. The van der Waals surface area contributed by atoms with Gasteiger partial charge < -0.3 is 15.1 Å². The van der Waals surface area contributed by atoms with Gasteiger partial charge in [-0.2, -0.15) is 5.10 Å². The van der Waals surface area contributed by atoms with E-state index in [9.17, 15) is 15.0 Å². The van der Waals surface area contributed by atoms with Gasteiger partial charge in [0, 0.05) is 30.9 Å². The molecule has 3 heterocycles. The van der Waals surface area contributed by atoms with Crippen LogP contribution in [0, 0.1) is 0 Å². The number of carbonyl (C=O) groups excluding carboxylic acids is 1. The summed E-state index contributed by atoms with van der Waals surface area (Å²) in [6, 6.07) is 13.5. The lowest BCUT2D eigenvalue weighted by molar-refractivity contribution is -0.136. The maximum absolute atomic E-state index is 13.1. The predicted molar refractivity (Wildman–Crippen MR) is 109 cm³/mol. The van der Waals surface area contributed by atoms with E-state index >= 15 is 0 Å². The van der Waals surface area contributed by atoms with Gasteiger partial charge in [0.25, 0.3) is 5.91 Å². The summed E-state index contributed by atoms with van der Waals surface area (Å²) in [5, 5.41) is 26.5. The van der Waals surface area contributed by atoms with E-state index in [-0.39, 0.29) is 35.4 Å². The number of hydrogen-bond donors (Lipinski definition) is 2. The Morgan fingerprint density at radius 1 is 1.10 bits per heavy atom. The molecular weight excluding hydrogens is 368 g/mol. The number of carbonyl (C=O) groups is 1. The number of fused-ring (bicyclic) bond motifs is 1. The van der Waals surface area contributed by atoms with Crippen molar-refractivity contribution in [3.05, 3.63) is 77.4 Å². The van der Waals surface area contributed by atoms with Gasteiger partial charge in [-0.3, -0.25) is 14.8 Å². The van der Waals surface area contributed by atoms with E-state index in [2.05, 4.69) is 10.1 Å². The number of aliphatic hydroxyl groups excluding tert-OH is 2. The van der Waals surface area contributed by atoms with E-state index in [4.69, 9.17) is 0 Å². The lowest BCUT2D eigenvalue weighted by Gasteiger charge is -2.46. The van der Waals surface area contributed by atoms with Crippen LogP contribution in [0.15, 0.2) is 71.4 Å². The fraction of sp³-hybridized carbons (Fsp3) is 0.318.